The van der Waals surface area contributed by atoms with Gasteiger partial charge in [-0.1, -0.05) is 6.92 Å². The minimum absolute atomic E-state index is 0.0387. The molecule has 0 unspecified atom stereocenters. The first-order valence-corrected chi connectivity index (χ1v) is 6.81. The molecule has 6 nitrogen and oxygen atoms in total. The molecule has 0 aliphatic carbocycles. The van der Waals surface area contributed by atoms with Gasteiger partial charge in [-0.25, -0.2) is 9.97 Å². The molecule has 19 heavy (non-hydrogen) atoms. The number of carbonyl (C=O) groups excluding carboxylic acids is 1. The smallest absolute Gasteiger partial charge is 0.239 e. The molecular weight excluding hydrogens is 242 g/mol. The van der Waals surface area contributed by atoms with Gasteiger partial charge in [0.05, 0.1) is 6.54 Å². The molecule has 1 rings (SSSR count). The molecule has 0 fully saturated rings. The largest absolute Gasteiger partial charge is 0.370 e. The van der Waals surface area contributed by atoms with Gasteiger partial charge in [0, 0.05) is 25.6 Å². The first-order valence-electron chi connectivity index (χ1n) is 6.81. The molecule has 0 spiro atoms. The van der Waals surface area contributed by atoms with Crippen molar-refractivity contribution >= 4 is 17.5 Å². The standard InChI is InChI=1S/C13H23N5O/c1-4-7-10-17-11(14-5-2)8-12(18-10)16-9-13(19)15-6-3/h8H,4-7,9H2,1-3H3,(H,15,19)(H2,14,16,17,18). The highest BCUT2D eigenvalue weighted by atomic mass is 16.1. The normalized spacial score (nSPS) is 10.1. The van der Waals surface area contributed by atoms with Crippen LogP contribution in [0.25, 0.3) is 0 Å². The first-order chi connectivity index (χ1) is 9.19. The summed E-state index contributed by atoms with van der Waals surface area (Å²) in [5, 5.41) is 8.93. The number of aryl methyl sites for hydroxylation is 1. The number of likely N-dealkylation sites (N-methyl/N-ethyl adjacent to an activating group) is 1. The molecule has 6 heteroatoms. The third-order valence-electron chi connectivity index (χ3n) is 2.41. The summed E-state index contributed by atoms with van der Waals surface area (Å²) >= 11 is 0. The van der Waals surface area contributed by atoms with E-state index >= 15 is 0 Å². The van der Waals surface area contributed by atoms with Crippen molar-refractivity contribution in [3.63, 3.8) is 0 Å². The number of rotatable bonds is 8. The molecule has 0 radical (unpaired) electrons. The van der Waals surface area contributed by atoms with Crippen molar-refractivity contribution in [2.24, 2.45) is 0 Å². The van der Waals surface area contributed by atoms with Gasteiger partial charge in [-0.2, -0.15) is 0 Å². The highest BCUT2D eigenvalue weighted by Gasteiger charge is 2.05. The second-order valence-corrected chi connectivity index (χ2v) is 4.14. The zero-order chi connectivity index (χ0) is 14.1. The molecular formula is C13H23N5O. The summed E-state index contributed by atoms with van der Waals surface area (Å²) in [6.07, 6.45) is 1.82. The molecule has 0 aromatic carbocycles. The highest BCUT2D eigenvalue weighted by molar-refractivity contribution is 5.80. The fourth-order valence-electron chi connectivity index (χ4n) is 1.63. The Bertz CT molecular complexity index is 384. The van der Waals surface area contributed by atoms with Gasteiger partial charge in [-0.15, -0.1) is 0 Å². The number of amides is 1. The van der Waals surface area contributed by atoms with E-state index in [1.807, 2.05) is 19.9 Å². The van der Waals surface area contributed by atoms with E-state index in [0.717, 1.165) is 31.0 Å². The molecule has 0 atom stereocenters. The van der Waals surface area contributed by atoms with E-state index in [-0.39, 0.29) is 12.5 Å². The van der Waals surface area contributed by atoms with Gasteiger partial charge in [0.25, 0.3) is 0 Å². The van der Waals surface area contributed by atoms with Crippen LogP contribution in [0.1, 0.15) is 33.0 Å². The lowest BCUT2D eigenvalue weighted by molar-refractivity contribution is -0.119. The molecule has 0 aliphatic rings. The Kier molecular flexibility index (Phi) is 6.63. The Labute approximate surface area is 114 Å². The van der Waals surface area contributed by atoms with Crippen LogP contribution >= 0.6 is 0 Å². The maximum absolute atomic E-state index is 11.4. The van der Waals surface area contributed by atoms with Crippen LogP contribution in [0, 0.1) is 0 Å². The molecule has 106 valence electrons. The number of nitrogens with one attached hydrogen (secondary N) is 3. The van der Waals surface area contributed by atoms with Gasteiger partial charge >= 0.3 is 0 Å². The first kappa shape index (κ1) is 15.2. The molecule has 0 saturated carbocycles. The highest BCUT2D eigenvalue weighted by Crippen LogP contribution is 2.12. The lowest BCUT2D eigenvalue weighted by Crippen LogP contribution is -2.29. The maximum atomic E-state index is 11.4. The molecule has 0 bridgehead atoms. The predicted octanol–water partition coefficient (Wildman–Crippen LogP) is 1.41. The van der Waals surface area contributed by atoms with Crippen LogP contribution in [-0.4, -0.2) is 35.5 Å². The van der Waals surface area contributed by atoms with Gasteiger partial charge in [0.1, 0.15) is 17.5 Å². The summed E-state index contributed by atoms with van der Waals surface area (Å²) in [5.41, 5.74) is 0. The number of anilines is 2. The van der Waals surface area contributed by atoms with Gasteiger partial charge in [-0.3, -0.25) is 4.79 Å². The van der Waals surface area contributed by atoms with Crippen molar-refractivity contribution in [2.45, 2.75) is 33.6 Å². The van der Waals surface area contributed by atoms with Gasteiger partial charge < -0.3 is 16.0 Å². The van der Waals surface area contributed by atoms with Gasteiger partial charge in [-0.05, 0) is 20.3 Å². The number of nitrogens with zero attached hydrogens (tertiary/aromatic N) is 2. The minimum Gasteiger partial charge on any atom is -0.370 e. The molecule has 1 aromatic heterocycles. The molecule has 1 amide bonds. The van der Waals surface area contributed by atoms with Crippen molar-refractivity contribution in [2.75, 3.05) is 30.3 Å². The van der Waals surface area contributed by atoms with E-state index in [9.17, 15) is 4.79 Å². The summed E-state index contributed by atoms with van der Waals surface area (Å²) in [5.74, 6) is 2.22. The summed E-state index contributed by atoms with van der Waals surface area (Å²) in [6.45, 7) is 7.66. The van der Waals surface area contributed by atoms with Crippen molar-refractivity contribution in [3.05, 3.63) is 11.9 Å². The molecule has 0 saturated heterocycles. The Balaban J connectivity index is 2.72. The number of hydrogen-bond acceptors (Lipinski definition) is 5. The van der Waals surface area contributed by atoms with Crippen molar-refractivity contribution in [1.29, 1.82) is 0 Å². The fourth-order valence-corrected chi connectivity index (χ4v) is 1.63. The summed E-state index contributed by atoms with van der Waals surface area (Å²) in [7, 11) is 0. The fraction of sp³-hybridized carbons (Fsp3) is 0.615. The number of hydrogen-bond donors (Lipinski definition) is 3. The molecule has 1 aromatic rings. The van der Waals surface area contributed by atoms with Crippen molar-refractivity contribution < 1.29 is 4.79 Å². The van der Waals surface area contributed by atoms with E-state index in [1.165, 1.54) is 0 Å². The van der Waals surface area contributed by atoms with Crippen LogP contribution in [0.4, 0.5) is 11.6 Å². The van der Waals surface area contributed by atoms with Crippen molar-refractivity contribution in [3.8, 4) is 0 Å². The Morgan fingerprint density at radius 3 is 2.37 bits per heavy atom. The minimum atomic E-state index is -0.0387. The van der Waals surface area contributed by atoms with Crippen LogP contribution in [0.15, 0.2) is 6.07 Å². The maximum Gasteiger partial charge on any atom is 0.239 e. The summed E-state index contributed by atoms with van der Waals surface area (Å²) < 4.78 is 0. The topological polar surface area (TPSA) is 78.9 Å². The van der Waals surface area contributed by atoms with Gasteiger partial charge in [0.2, 0.25) is 5.91 Å². The van der Waals surface area contributed by atoms with E-state index < -0.39 is 0 Å². The van der Waals surface area contributed by atoms with E-state index in [1.54, 1.807) is 0 Å². The number of carbonyl (C=O) groups is 1. The third-order valence-corrected chi connectivity index (χ3v) is 2.41. The van der Waals surface area contributed by atoms with Crippen LogP contribution in [0.2, 0.25) is 0 Å². The van der Waals surface area contributed by atoms with E-state index in [0.29, 0.717) is 12.4 Å². The quantitative estimate of drug-likeness (QED) is 0.662. The summed E-state index contributed by atoms with van der Waals surface area (Å²) in [6, 6.07) is 1.82. The van der Waals surface area contributed by atoms with Crippen LogP contribution in [0.3, 0.4) is 0 Å². The van der Waals surface area contributed by atoms with E-state index in [4.69, 9.17) is 0 Å². The Morgan fingerprint density at radius 2 is 1.79 bits per heavy atom. The van der Waals surface area contributed by atoms with E-state index in [2.05, 4.69) is 32.8 Å². The zero-order valence-electron chi connectivity index (χ0n) is 11.9. The molecule has 3 N–H and O–H groups in total. The SMILES string of the molecule is CCCc1nc(NCC)cc(NCC(=O)NCC)n1. The Morgan fingerprint density at radius 1 is 1.11 bits per heavy atom. The monoisotopic (exact) mass is 265 g/mol. The van der Waals surface area contributed by atoms with Crippen LogP contribution in [-0.2, 0) is 11.2 Å². The average molecular weight is 265 g/mol. The molecule has 0 aliphatic heterocycles. The average Bonchev–Trinajstić information content (AvgIpc) is 2.37. The van der Waals surface area contributed by atoms with Crippen LogP contribution < -0.4 is 16.0 Å². The Hall–Kier alpha value is -1.85. The summed E-state index contributed by atoms with van der Waals surface area (Å²) in [4.78, 5) is 20.2. The van der Waals surface area contributed by atoms with Gasteiger partial charge in [0.15, 0.2) is 0 Å². The van der Waals surface area contributed by atoms with Crippen molar-refractivity contribution in [1.82, 2.24) is 15.3 Å². The third kappa shape index (κ3) is 5.54. The lowest BCUT2D eigenvalue weighted by Gasteiger charge is -2.10. The number of aromatic nitrogens is 2. The predicted molar refractivity (Wildman–Crippen MR) is 77.4 cm³/mol. The second kappa shape index (κ2) is 8.29. The molecule has 1 heterocycles. The lowest BCUT2D eigenvalue weighted by atomic mass is 10.3. The second-order valence-electron chi connectivity index (χ2n) is 4.14. The zero-order valence-corrected chi connectivity index (χ0v) is 11.9. The van der Waals surface area contributed by atoms with Crippen LogP contribution in [0.5, 0.6) is 0 Å².